The van der Waals surface area contributed by atoms with Crippen molar-refractivity contribution in [3.8, 4) is 0 Å². The third kappa shape index (κ3) is 2.66. The molecule has 0 amide bonds. The second-order valence-corrected chi connectivity index (χ2v) is 7.32. The number of aromatic amines is 1. The molecule has 2 fully saturated rings. The summed E-state index contributed by atoms with van der Waals surface area (Å²) in [5.74, 6) is -3.08. The fraction of sp³-hybridized carbons (Fsp3) is 0.368. The van der Waals surface area contributed by atoms with Crippen LogP contribution in [0.5, 0.6) is 0 Å². The number of piperidine rings is 1. The quantitative estimate of drug-likeness (QED) is 0.540. The minimum Gasteiger partial charge on any atom is -0.400 e. The van der Waals surface area contributed by atoms with E-state index in [2.05, 4.69) is 27.2 Å². The van der Waals surface area contributed by atoms with Crippen LogP contribution < -0.4 is 0 Å². The molecule has 0 aliphatic carbocycles. The van der Waals surface area contributed by atoms with Gasteiger partial charge in [-0.25, -0.2) is 24.2 Å². The summed E-state index contributed by atoms with van der Waals surface area (Å²) in [7, 11) is 1.80. The molecule has 9 nitrogen and oxygen atoms in total. The molecular formula is C19H19N5O4. The number of fused-ring (bicyclic) bond motifs is 1. The van der Waals surface area contributed by atoms with Crippen LogP contribution in [0.3, 0.4) is 0 Å². The molecule has 0 bridgehead atoms. The summed E-state index contributed by atoms with van der Waals surface area (Å²) in [6.07, 6.45) is 6.47. The van der Waals surface area contributed by atoms with Crippen molar-refractivity contribution in [2.75, 3.05) is 13.6 Å². The van der Waals surface area contributed by atoms with Gasteiger partial charge in [0, 0.05) is 30.1 Å². The van der Waals surface area contributed by atoms with Gasteiger partial charge in [-0.3, -0.25) is 0 Å². The van der Waals surface area contributed by atoms with Crippen LogP contribution in [0.15, 0.2) is 37.1 Å². The molecule has 5 rings (SSSR count). The zero-order valence-corrected chi connectivity index (χ0v) is 15.3. The van der Waals surface area contributed by atoms with E-state index >= 15 is 0 Å². The molecule has 28 heavy (non-hydrogen) atoms. The smallest absolute Gasteiger partial charge is 0.400 e. The van der Waals surface area contributed by atoms with E-state index in [1.165, 1.54) is 6.33 Å². The Morgan fingerprint density at radius 2 is 2.11 bits per heavy atom. The monoisotopic (exact) mass is 381 g/mol. The summed E-state index contributed by atoms with van der Waals surface area (Å²) in [4.78, 5) is 32.4. The molecule has 1 atom stereocenters. The van der Waals surface area contributed by atoms with Gasteiger partial charge >= 0.3 is 17.8 Å². The second kappa shape index (κ2) is 6.16. The van der Waals surface area contributed by atoms with Crippen molar-refractivity contribution in [3.05, 3.63) is 48.2 Å². The highest BCUT2D eigenvalue weighted by Gasteiger charge is 2.55. The van der Waals surface area contributed by atoms with Crippen LogP contribution in [0.25, 0.3) is 10.9 Å². The first kappa shape index (κ1) is 16.9. The molecule has 4 heterocycles. The van der Waals surface area contributed by atoms with Crippen LogP contribution in [-0.4, -0.2) is 56.1 Å². The number of esters is 2. The van der Waals surface area contributed by atoms with Crippen molar-refractivity contribution in [3.63, 3.8) is 0 Å². The molecule has 3 aromatic rings. The molecule has 1 spiro atoms. The van der Waals surface area contributed by atoms with Gasteiger partial charge in [0.05, 0.1) is 6.54 Å². The standard InChI is InChI=1S/C19H19N5O4/c1-23-5-4-13(7-19(23)27-17(25)18(26)28-19)15-8-21-16-3-2-12(6-14(15)16)9-24-11-20-10-22-24/h2-3,6,8,10-11,13,21H,4-5,7,9H2,1H3. The van der Waals surface area contributed by atoms with Crippen molar-refractivity contribution >= 4 is 22.8 Å². The van der Waals surface area contributed by atoms with Gasteiger partial charge in [-0.15, -0.1) is 0 Å². The zero-order valence-electron chi connectivity index (χ0n) is 15.3. The van der Waals surface area contributed by atoms with Gasteiger partial charge in [0.15, 0.2) is 0 Å². The summed E-state index contributed by atoms with van der Waals surface area (Å²) in [5, 5.41) is 5.27. The van der Waals surface area contributed by atoms with Crippen molar-refractivity contribution in [1.29, 1.82) is 0 Å². The Kier molecular flexibility index (Phi) is 3.73. The third-order valence-electron chi connectivity index (χ3n) is 5.60. The highest BCUT2D eigenvalue weighted by atomic mass is 16.8. The van der Waals surface area contributed by atoms with Crippen LogP contribution in [0.2, 0.25) is 0 Å². The van der Waals surface area contributed by atoms with Crippen LogP contribution in [0, 0.1) is 0 Å². The minimum absolute atomic E-state index is 0.0882. The van der Waals surface area contributed by atoms with Gasteiger partial charge in [-0.1, -0.05) is 6.07 Å². The molecule has 2 aromatic heterocycles. The van der Waals surface area contributed by atoms with E-state index in [0.717, 1.165) is 28.5 Å². The number of benzene rings is 1. The first-order valence-corrected chi connectivity index (χ1v) is 9.14. The fourth-order valence-electron chi connectivity index (χ4n) is 4.11. The Labute approximate surface area is 160 Å². The lowest BCUT2D eigenvalue weighted by molar-refractivity contribution is -0.259. The molecular weight excluding hydrogens is 362 g/mol. The van der Waals surface area contributed by atoms with E-state index < -0.39 is 17.8 Å². The summed E-state index contributed by atoms with van der Waals surface area (Å²) >= 11 is 0. The zero-order chi connectivity index (χ0) is 19.3. The van der Waals surface area contributed by atoms with Gasteiger partial charge in [0.2, 0.25) is 0 Å². The van der Waals surface area contributed by atoms with E-state index in [0.29, 0.717) is 19.5 Å². The first-order valence-electron chi connectivity index (χ1n) is 9.14. The van der Waals surface area contributed by atoms with Crippen molar-refractivity contribution in [2.24, 2.45) is 0 Å². The van der Waals surface area contributed by atoms with E-state index in [9.17, 15) is 9.59 Å². The molecule has 0 saturated carbocycles. The van der Waals surface area contributed by atoms with E-state index in [1.807, 2.05) is 12.3 Å². The maximum atomic E-state index is 11.7. The SMILES string of the molecule is CN1CCC(c2c[nH]c3ccc(Cn4cncn4)cc23)CC12OC(=O)C(=O)O2. The Morgan fingerprint density at radius 3 is 2.86 bits per heavy atom. The lowest BCUT2D eigenvalue weighted by Gasteiger charge is -2.41. The molecule has 1 N–H and O–H groups in total. The molecule has 0 radical (unpaired) electrons. The number of nitrogens with zero attached hydrogens (tertiary/aromatic N) is 4. The Hall–Kier alpha value is -3.20. The number of nitrogens with one attached hydrogen (secondary N) is 1. The number of carbonyl (C=O) groups excluding carboxylic acids is 2. The molecule has 1 aromatic carbocycles. The molecule has 1 unspecified atom stereocenters. The van der Waals surface area contributed by atoms with Crippen LogP contribution in [0.1, 0.15) is 29.9 Å². The minimum atomic E-state index is -1.31. The second-order valence-electron chi connectivity index (χ2n) is 7.32. The van der Waals surface area contributed by atoms with Gasteiger partial charge in [-0.2, -0.15) is 5.10 Å². The van der Waals surface area contributed by atoms with Crippen molar-refractivity contribution in [2.45, 2.75) is 31.2 Å². The molecule has 144 valence electrons. The third-order valence-corrected chi connectivity index (χ3v) is 5.60. The summed E-state index contributed by atoms with van der Waals surface area (Å²) in [5.41, 5.74) is 3.27. The number of hydrogen-bond donors (Lipinski definition) is 1. The van der Waals surface area contributed by atoms with Crippen molar-refractivity contribution in [1.82, 2.24) is 24.6 Å². The summed E-state index contributed by atoms with van der Waals surface area (Å²) in [6.45, 7) is 1.28. The van der Waals surface area contributed by atoms with Crippen LogP contribution in [0.4, 0.5) is 0 Å². The fourth-order valence-corrected chi connectivity index (χ4v) is 4.11. The van der Waals surface area contributed by atoms with Gasteiger partial charge < -0.3 is 14.5 Å². The molecule has 2 aliphatic rings. The predicted molar refractivity (Wildman–Crippen MR) is 96.9 cm³/mol. The number of rotatable bonds is 3. The molecule has 2 saturated heterocycles. The van der Waals surface area contributed by atoms with Crippen LogP contribution in [-0.2, 0) is 25.6 Å². The maximum absolute atomic E-state index is 11.7. The molecule has 9 heteroatoms. The maximum Gasteiger partial charge on any atom is 0.421 e. The number of likely N-dealkylation sites (tertiary alicyclic amines) is 1. The van der Waals surface area contributed by atoms with E-state index in [-0.39, 0.29) is 5.92 Å². The number of hydrogen-bond acceptors (Lipinski definition) is 7. The highest BCUT2D eigenvalue weighted by Crippen LogP contribution is 2.43. The highest BCUT2D eigenvalue weighted by molar-refractivity contribution is 6.31. The average molecular weight is 381 g/mol. The Balaban J connectivity index is 1.47. The normalized spacial score (nSPS) is 22.0. The van der Waals surface area contributed by atoms with E-state index in [4.69, 9.17) is 9.47 Å². The Bertz CT molecular complexity index is 1040. The summed E-state index contributed by atoms with van der Waals surface area (Å²) < 4.78 is 12.4. The van der Waals surface area contributed by atoms with Gasteiger partial charge in [-0.05, 0) is 42.6 Å². The number of carbonyl (C=O) groups is 2. The Morgan fingerprint density at radius 1 is 1.29 bits per heavy atom. The summed E-state index contributed by atoms with van der Waals surface area (Å²) in [6, 6.07) is 6.24. The lowest BCUT2D eigenvalue weighted by Crippen LogP contribution is -2.52. The number of aromatic nitrogens is 4. The van der Waals surface area contributed by atoms with E-state index in [1.54, 1.807) is 23.0 Å². The largest absolute Gasteiger partial charge is 0.421 e. The first-order chi connectivity index (χ1) is 13.5. The number of H-pyrrole nitrogens is 1. The predicted octanol–water partition coefficient (Wildman–Crippen LogP) is 1.37. The van der Waals surface area contributed by atoms with Gasteiger partial charge in [0.1, 0.15) is 12.7 Å². The van der Waals surface area contributed by atoms with Gasteiger partial charge in [0.25, 0.3) is 0 Å². The average Bonchev–Trinajstić information content (AvgIpc) is 3.39. The number of ether oxygens (including phenoxy) is 2. The van der Waals surface area contributed by atoms with Crippen molar-refractivity contribution < 1.29 is 19.1 Å². The topological polar surface area (TPSA) is 102 Å². The molecule has 2 aliphatic heterocycles. The van der Waals surface area contributed by atoms with Crippen LogP contribution >= 0.6 is 0 Å². The lowest BCUT2D eigenvalue weighted by atomic mass is 9.87.